The molecule has 0 saturated carbocycles. The molecule has 0 fully saturated rings. The van der Waals surface area contributed by atoms with Crippen molar-refractivity contribution in [2.75, 3.05) is 5.43 Å². The fourth-order valence-electron chi connectivity index (χ4n) is 2.62. The Kier molecular flexibility index (Phi) is 5.55. The molecule has 138 valence electrons. The van der Waals surface area contributed by atoms with Gasteiger partial charge in [0.25, 0.3) is 11.2 Å². The monoisotopic (exact) mass is 365 g/mol. The first-order valence-electron chi connectivity index (χ1n) is 8.63. The summed E-state index contributed by atoms with van der Waals surface area (Å²) in [5.74, 6) is 0.366. The number of hydrogen-bond acceptors (Lipinski definition) is 6. The molecule has 0 saturated heterocycles. The van der Waals surface area contributed by atoms with Crippen LogP contribution in [-0.4, -0.2) is 20.7 Å². The van der Waals surface area contributed by atoms with Gasteiger partial charge in [0.1, 0.15) is 0 Å². The van der Waals surface area contributed by atoms with Gasteiger partial charge in [0, 0.05) is 18.7 Å². The van der Waals surface area contributed by atoms with Crippen LogP contribution in [0.1, 0.15) is 25.3 Å². The van der Waals surface area contributed by atoms with E-state index in [0.717, 1.165) is 12.8 Å². The van der Waals surface area contributed by atoms with Crippen molar-refractivity contribution >= 4 is 28.8 Å². The van der Waals surface area contributed by atoms with Crippen molar-refractivity contribution in [1.29, 1.82) is 0 Å². The minimum absolute atomic E-state index is 0.0182. The number of nitro benzene ring substituents is 1. The molecule has 2 aromatic carbocycles. The van der Waals surface area contributed by atoms with Gasteiger partial charge < -0.3 is 0 Å². The summed E-state index contributed by atoms with van der Waals surface area (Å²) in [6.45, 7) is 2.60. The molecule has 0 aliphatic carbocycles. The maximum atomic E-state index is 12.8. The molecule has 0 spiro atoms. The third-order valence-corrected chi connectivity index (χ3v) is 4.08. The van der Waals surface area contributed by atoms with E-state index >= 15 is 0 Å². The summed E-state index contributed by atoms with van der Waals surface area (Å²) in [6, 6.07) is 13.2. The van der Waals surface area contributed by atoms with Gasteiger partial charge in [-0.25, -0.2) is 10.4 Å². The fraction of sp³-hybridized carbons (Fsp3) is 0.211. The number of nitro groups is 1. The van der Waals surface area contributed by atoms with Crippen LogP contribution in [0.2, 0.25) is 0 Å². The molecule has 1 heterocycles. The van der Waals surface area contributed by atoms with Crippen LogP contribution in [0.15, 0.2) is 58.4 Å². The van der Waals surface area contributed by atoms with Crippen molar-refractivity contribution in [1.82, 2.24) is 9.55 Å². The number of fused-ring (bicyclic) bond motifs is 1. The van der Waals surface area contributed by atoms with Crippen LogP contribution in [0, 0.1) is 10.1 Å². The Hall–Kier alpha value is -3.55. The van der Waals surface area contributed by atoms with Crippen molar-refractivity contribution in [2.24, 2.45) is 5.10 Å². The number of nitrogens with zero attached hydrogens (tertiary/aromatic N) is 4. The summed E-state index contributed by atoms with van der Waals surface area (Å²) in [4.78, 5) is 27.5. The highest BCUT2D eigenvalue weighted by molar-refractivity contribution is 5.81. The Morgan fingerprint density at radius 3 is 2.67 bits per heavy atom. The Morgan fingerprint density at radius 2 is 1.96 bits per heavy atom. The van der Waals surface area contributed by atoms with Crippen LogP contribution in [0.3, 0.4) is 0 Å². The fourth-order valence-corrected chi connectivity index (χ4v) is 2.62. The van der Waals surface area contributed by atoms with E-state index in [9.17, 15) is 14.9 Å². The second-order valence-electron chi connectivity index (χ2n) is 5.98. The number of hydrazone groups is 1. The lowest BCUT2D eigenvalue weighted by Gasteiger charge is -2.12. The smallest absolute Gasteiger partial charge is 0.269 e. The van der Waals surface area contributed by atoms with Gasteiger partial charge >= 0.3 is 0 Å². The first-order chi connectivity index (χ1) is 13.1. The lowest BCUT2D eigenvalue weighted by Crippen LogP contribution is -2.24. The average molecular weight is 365 g/mol. The zero-order valence-electron chi connectivity index (χ0n) is 14.8. The van der Waals surface area contributed by atoms with Crippen LogP contribution >= 0.6 is 0 Å². The summed E-state index contributed by atoms with van der Waals surface area (Å²) in [7, 11) is 0. The van der Waals surface area contributed by atoms with E-state index in [4.69, 9.17) is 0 Å². The molecular formula is C19H19N5O3. The standard InChI is InChI=1S/C19H19N5O3/c1-2-3-12-23-18(25)16-6-4-5-7-17(16)21-19(23)22-20-13-14-8-10-15(11-9-14)24(26)27/h4-11,13H,2-3,12H2,1H3,(H,21,22)/b20-13+. The van der Waals surface area contributed by atoms with Gasteiger partial charge in [-0.3, -0.25) is 19.5 Å². The maximum Gasteiger partial charge on any atom is 0.269 e. The zero-order chi connectivity index (χ0) is 19.2. The molecule has 8 heteroatoms. The second-order valence-corrected chi connectivity index (χ2v) is 5.98. The van der Waals surface area contributed by atoms with Crippen molar-refractivity contribution in [3.8, 4) is 0 Å². The Morgan fingerprint density at radius 1 is 1.22 bits per heavy atom. The molecule has 3 rings (SSSR count). The first kappa shape index (κ1) is 18.2. The molecule has 0 amide bonds. The molecule has 8 nitrogen and oxygen atoms in total. The predicted molar refractivity (Wildman–Crippen MR) is 105 cm³/mol. The SMILES string of the molecule is CCCCn1c(N/N=C/c2ccc([N+](=O)[O-])cc2)nc2ccccc2c1=O. The molecule has 0 aliphatic rings. The summed E-state index contributed by atoms with van der Waals surface area (Å²) in [5, 5.41) is 15.4. The lowest BCUT2D eigenvalue weighted by atomic mass is 10.2. The van der Waals surface area contributed by atoms with E-state index < -0.39 is 4.92 Å². The van der Waals surface area contributed by atoms with E-state index in [1.54, 1.807) is 28.8 Å². The molecular weight excluding hydrogens is 346 g/mol. The molecule has 0 aliphatic heterocycles. The number of hydrogen-bond donors (Lipinski definition) is 1. The van der Waals surface area contributed by atoms with Gasteiger partial charge in [-0.15, -0.1) is 0 Å². The van der Waals surface area contributed by atoms with E-state index in [-0.39, 0.29) is 11.2 Å². The summed E-state index contributed by atoms with van der Waals surface area (Å²) < 4.78 is 1.58. The summed E-state index contributed by atoms with van der Waals surface area (Å²) in [6.07, 6.45) is 3.32. The number of para-hydroxylation sites is 1. The third-order valence-electron chi connectivity index (χ3n) is 4.08. The Balaban J connectivity index is 1.88. The van der Waals surface area contributed by atoms with Gasteiger partial charge in [-0.05, 0) is 36.2 Å². The number of non-ortho nitro benzene ring substituents is 1. The van der Waals surface area contributed by atoms with Crippen LogP contribution in [-0.2, 0) is 6.54 Å². The molecule has 3 aromatic rings. The molecule has 1 N–H and O–H groups in total. The van der Waals surface area contributed by atoms with E-state index in [1.807, 2.05) is 12.1 Å². The van der Waals surface area contributed by atoms with Gasteiger partial charge in [0.15, 0.2) is 0 Å². The van der Waals surface area contributed by atoms with Crippen molar-refractivity contribution in [2.45, 2.75) is 26.3 Å². The highest BCUT2D eigenvalue weighted by Crippen LogP contribution is 2.13. The highest BCUT2D eigenvalue weighted by Gasteiger charge is 2.10. The Bertz CT molecular complexity index is 1040. The highest BCUT2D eigenvalue weighted by atomic mass is 16.6. The van der Waals surface area contributed by atoms with Crippen molar-refractivity contribution in [3.05, 3.63) is 74.6 Å². The normalized spacial score (nSPS) is 11.1. The lowest BCUT2D eigenvalue weighted by molar-refractivity contribution is -0.384. The molecule has 0 atom stereocenters. The van der Waals surface area contributed by atoms with Crippen molar-refractivity contribution in [3.63, 3.8) is 0 Å². The molecule has 27 heavy (non-hydrogen) atoms. The number of anilines is 1. The zero-order valence-corrected chi connectivity index (χ0v) is 14.8. The van der Waals surface area contributed by atoms with E-state index in [1.165, 1.54) is 18.3 Å². The first-order valence-corrected chi connectivity index (χ1v) is 8.63. The second kappa shape index (κ2) is 8.22. The molecule has 1 aromatic heterocycles. The summed E-state index contributed by atoms with van der Waals surface area (Å²) >= 11 is 0. The topological polar surface area (TPSA) is 102 Å². The number of rotatable bonds is 7. The quantitative estimate of drug-likeness (QED) is 0.392. The summed E-state index contributed by atoms with van der Waals surface area (Å²) in [5.41, 5.74) is 4.03. The van der Waals surface area contributed by atoms with Gasteiger partial charge in [0.2, 0.25) is 5.95 Å². The molecule has 0 radical (unpaired) electrons. The molecule has 0 unspecified atom stereocenters. The minimum Gasteiger partial charge on any atom is -0.277 e. The molecule has 0 bridgehead atoms. The van der Waals surface area contributed by atoms with Crippen LogP contribution in [0.4, 0.5) is 11.6 Å². The Labute approximate surface area is 155 Å². The average Bonchev–Trinajstić information content (AvgIpc) is 2.68. The van der Waals surface area contributed by atoms with Crippen LogP contribution < -0.4 is 11.0 Å². The number of nitrogens with one attached hydrogen (secondary N) is 1. The predicted octanol–water partition coefficient (Wildman–Crippen LogP) is 3.55. The van der Waals surface area contributed by atoms with Gasteiger partial charge in [-0.1, -0.05) is 25.5 Å². The number of benzene rings is 2. The van der Waals surface area contributed by atoms with E-state index in [0.29, 0.717) is 29.0 Å². The minimum atomic E-state index is -0.454. The van der Waals surface area contributed by atoms with Crippen LogP contribution in [0.25, 0.3) is 10.9 Å². The van der Waals surface area contributed by atoms with E-state index in [2.05, 4.69) is 22.4 Å². The number of aromatic nitrogens is 2. The largest absolute Gasteiger partial charge is 0.277 e. The maximum absolute atomic E-state index is 12.8. The van der Waals surface area contributed by atoms with Crippen LogP contribution in [0.5, 0.6) is 0 Å². The van der Waals surface area contributed by atoms with Crippen molar-refractivity contribution < 1.29 is 4.92 Å². The van der Waals surface area contributed by atoms with Gasteiger partial charge in [-0.2, -0.15) is 5.10 Å². The third kappa shape index (κ3) is 4.17. The van der Waals surface area contributed by atoms with Gasteiger partial charge in [0.05, 0.1) is 22.0 Å². The number of unbranched alkanes of at least 4 members (excludes halogenated alkanes) is 1.